The van der Waals surface area contributed by atoms with Gasteiger partial charge in [-0.05, 0) is 24.3 Å². The van der Waals surface area contributed by atoms with Crippen LogP contribution in [0.15, 0.2) is 51.8 Å². The molecule has 1 aromatic heterocycles. The molecule has 9 nitrogen and oxygen atoms in total. The minimum absolute atomic E-state index is 0.0723. The highest BCUT2D eigenvalue weighted by Crippen LogP contribution is 2.29. The van der Waals surface area contributed by atoms with Crippen LogP contribution < -0.4 is 14.2 Å². The van der Waals surface area contributed by atoms with Gasteiger partial charge < -0.3 is 18.6 Å². The molecule has 148 valence electrons. The largest absolute Gasteiger partial charge is 0.493 e. The highest BCUT2D eigenvalue weighted by atomic mass is 32.2. The van der Waals surface area contributed by atoms with Crippen LogP contribution in [0.1, 0.15) is 5.89 Å². The number of fused-ring (bicyclic) bond motifs is 1. The van der Waals surface area contributed by atoms with Gasteiger partial charge in [0.2, 0.25) is 15.9 Å². The summed E-state index contributed by atoms with van der Waals surface area (Å²) in [6.45, 7) is -0.748. The summed E-state index contributed by atoms with van der Waals surface area (Å²) in [7, 11) is -1.11. The molecule has 0 bridgehead atoms. The van der Waals surface area contributed by atoms with Gasteiger partial charge >= 0.3 is 5.97 Å². The molecule has 0 aliphatic carbocycles. The van der Waals surface area contributed by atoms with Crippen LogP contribution in [0.3, 0.4) is 0 Å². The smallest absolute Gasteiger partial charge is 0.321 e. The summed E-state index contributed by atoms with van der Waals surface area (Å²) in [4.78, 5) is 16.0. The maximum Gasteiger partial charge on any atom is 0.321 e. The Morgan fingerprint density at radius 3 is 2.57 bits per heavy atom. The van der Waals surface area contributed by atoms with E-state index < -0.39 is 22.5 Å². The van der Waals surface area contributed by atoms with Crippen LogP contribution in [0, 0.1) is 0 Å². The van der Waals surface area contributed by atoms with Gasteiger partial charge in [0.15, 0.2) is 23.7 Å². The van der Waals surface area contributed by atoms with Crippen molar-refractivity contribution in [1.82, 2.24) is 9.71 Å². The molecule has 0 aliphatic heterocycles. The van der Waals surface area contributed by atoms with Gasteiger partial charge in [-0.25, -0.2) is 13.4 Å². The Morgan fingerprint density at radius 1 is 1.11 bits per heavy atom. The Balaban J connectivity index is 1.58. The van der Waals surface area contributed by atoms with Crippen LogP contribution in [-0.4, -0.2) is 40.1 Å². The van der Waals surface area contributed by atoms with Crippen LogP contribution in [0.5, 0.6) is 11.5 Å². The van der Waals surface area contributed by atoms with E-state index in [0.717, 1.165) is 0 Å². The number of rotatable bonds is 8. The monoisotopic (exact) mass is 406 g/mol. The molecule has 10 heteroatoms. The zero-order valence-electron chi connectivity index (χ0n) is 15.2. The number of esters is 1. The zero-order valence-corrected chi connectivity index (χ0v) is 16.0. The lowest BCUT2D eigenvalue weighted by Gasteiger charge is -2.10. The second kappa shape index (κ2) is 8.28. The average Bonchev–Trinajstić information content (AvgIpc) is 3.13. The molecule has 0 saturated carbocycles. The first kappa shape index (κ1) is 19.6. The summed E-state index contributed by atoms with van der Waals surface area (Å²) >= 11 is 0. The summed E-state index contributed by atoms with van der Waals surface area (Å²) in [6, 6.07) is 11.2. The number of oxazole rings is 1. The first-order valence-corrected chi connectivity index (χ1v) is 9.63. The van der Waals surface area contributed by atoms with Crippen molar-refractivity contribution in [3.05, 3.63) is 48.4 Å². The molecule has 1 N–H and O–H groups in total. The van der Waals surface area contributed by atoms with Crippen LogP contribution in [0.4, 0.5) is 0 Å². The predicted octanol–water partition coefficient (Wildman–Crippen LogP) is 1.87. The summed E-state index contributed by atoms with van der Waals surface area (Å²) in [5.41, 5.74) is 1.21. The molecule has 2 aromatic carbocycles. The van der Waals surface area contributed by atoms with Crippen molar-refractivity contribution < 1.29 is 31.8 Å². The Hall–Kier alpha value is -3.11. The number of aromatic nitrogens is 1. The summed E-state index contributed by atoms with van der Waals surface area (Å²) in [6.07, 6.45) is 0. The van der Waals surface area contributed by atoms with Crippen molar-refractivity contribution in [2.45, 2.75) is 11.5 Å². The molecule has 0 fully saturated rings. The molecular weight excluding hydrogens is 388 g/mol. The number of hydrogen-bond acceptors (Lipinski definition) is 8. The molecule has 0 aliphatic rings. The third kappa shape index (κ3) is 4.41. The molecule has 0 saturated heterocycles. The Bertz CT molecular complexity index is 1060. The van der Waals surface area contributed by atoms with Gasteiger partial charge in [0, 0.05) is 6.07 Å². The first-order chi connectivity index (χ1) is 13.4. The molecular formula is C18H18N2O7S. The fourth-order valence-electron chi connectivity index (χ4n) is 2.40. The van der Waals surface area contributed by atoms with E-state index in [4.69, 9.17) is 18.6 Å². The van der Waals surface area contributed by atoms with Crippen molar-refractivity contribution in [2.24, 2.45) is 0 Å². The van der Waals surface area contributed by atoms with Crippen LogP contribution in [0.2, 0.25) is 0 Å². The van der Waals surface area contributed by atoms with Gasteiger partial charge in [-0.2, -0.15) is 4.72 Å². The van der Waals surface area contributed by atoms with Gasteiger partial charge in [0.05, 0.1) is 19.1 Å². The van der Waals surface area contributed by atoms with Crippen LogP contribution >= 0.6 is 0 Å². The van der Waals surface area contributed by atoms with Gasteiger partial charge in [-0.1, -0.05) is 12.1 Å². The van der Waals surface area contributed by atoms with E-state index in [1.54, 1.807) is 18.2 Å². The lowest BCUT2D eigenvalue weighted by Crippen LogP contribution is -2.30. The summed E-state index contributed by atoms with van der Waals surface area (Å²) < 4.78 is 47.5. The van der Waals surface area contributed by atoms with E-state index in [2.05, 4.69) is 9.71 Å². The molecule has 0 unspecified atom stereocenters. The van der Waals surface area contributed by atoms with Crippen molar-refractivity contribution in [2.75, 3.05) is 20.8 Å². The number of carbonyl (C=O) groups is 1. The van der Waals surface area contributed by atoms with Gasteiger partial charge in [0.1, 0.15) is 12.1 Å². The number of ether oxygens (including phenoxy) is 3. The molecule has 28 heavy (non-hydrogen) atoms. The number of nitrogens with zero attached hydrogens (tertiary/aromatic N) is 1. The molecule has 0 atom stereocenters. The van der Waals surface area contributed by atoms with Crippen molar-refractivity contribution in [3.8, 4) is 11.5 Å². The van der Waals surface area contributed by atoms with Gasteiger partial charge in [0.25, 0.3) is 0 Å². The molecule has 3 rings (SSSR count). The average molecular weight is 406 g/mol. The SMILES string of the molecule is COc1ccc(S(=O)(=O)NCC(=O)OCc2nc3ccccc3o2)cc1OC. The quantitative estimate of drug-likeness (QED) is 0.564. The molecule has 0 spiro atoms. The van der Waals surface area contributed by atoms with E-state index >= 15 is 0 Å². The van der Waals surface area contributed by atoms with E-state index in [9.17, 15) is 13.2 Å². The second-order valence-corrected chi connectivity index (χ2v) is 7.34. The molecule has 0 amide bonds. The lowest BCUT2D eigenvalue weighted by atomic mass is 10.3. The third-order valence-corrected chi connectivity index (χ3v) is 5.17. The second-order valence-electron chi connectivity index (χ2n) is 5.58. The van der Waals surface area contributed by atoms with E-state index in [0.29, 0.717) is 16.8 Å². The van der Waals surface area contributed by atoms with Crippen molar-refractivity contribution >= 4 is 27.1 Å². The minimum atomic E-state index is -3.94. The van der Waals surface area contributed by atoms with Crippen LogP contribution in [0.25, 0.3) is 11.1 Å². The fourth-order valence-corrected chi connectivity index (χ4v) is 3.38. The number of benzene rings is 2. The van der Waals surface area contributed by atoms with Crippen molar-refractivity contribution in [1.29, 1.82) is 0 Å². The Labute approximate surface area is 161 Å². The first-order valence-electron chi connectivity index (χ1n) is 8.14. The van der Waals surface area contributed by atoms with Crippen LogP contribution in [-0.2, 0) is 26.2 Å². The van der Waals surface area contributed by atoms with E-state index in [-0.39, 0.29) is 23.1 Å². The maximum absolute atomic E-state index is 12.3. The third-order valence-electron chi connectivity index (χ3n) is 3.77. The normalized spacial score (nSPS) is 11.4. The fraction of sp³-hybridized carbons (Fsp3) is 0.222. The highest BCUT2D eigenvalue weighted by molar-refractivity contribution is 7.89. The van der Waals surface area contributed by atoms with Gasteiger partial charge in [-0.15, -0.1) is 0 Å². The summed E-state index contributed by atoms with van der Waals surface area (Å²) in [5.74, 6) is 0.0895. The lowest BCUT2D eigenvalue weighted by molar-refractivity contribution is -0.144. The molecule has 0 radical (unpaired) electrons. The predicted molar refractivity (Wildman–Crippen MR) is 98.5 cm³/mol. The van der Waals surface area contributed by atoms with Crippen molar-refractivity contribution in [3.63, 3.8) is 0 Å². The maximum atomic E-state index is 12.3. The topological polar surface area (TPSA) is 117 Å². The highest BCUT2D eigenvalue weighted by Gasteiger charge is 2.19. The zero-order chi connectivity index (χ0) is 20.1. The number of nitrogens with one attached hydrogen (secondary N) is 1. The number of hydrogen-bond donors (Lipinski definition) is 1. The number of carbonyl (C=O) groups excluding carboxylic acids is 1. The van der Waals surface area contributed by atoms with Gasteiger partial charge in [-0.3, -0.25) is 4.79 Å². The van der Waals surface area contributed by atoms with E-state index in [1.807, 2.05) is 6.07 Å². The number of para-hydroxylation sites is 2. The molecule has 1 heterocycles. The van der Waals surface area contributed by atoms with E-state index in [1.165, 1.54) is 32.4 Å². The number of methoxy groups -OCH3 is 2. The summed E-state index contributed by atoms with van der Waals surface area (Å²) in [5, 5.41) is 0. The standard InChI is InChI=1S/C18H18N2O7S/c1-24-15-8-7-12(9-16(15)25-2)28(22,23)19-10-18(21)26-11-17-20-13-5-3-4-6-14(13)27-17/h3-9,19H,10-11H2,1-2H3. The minimum Gasteiger partial charge on any atom is -0.493 e. The Morgan fingerprint density at radius 2 is 1.86 bits per heavy atom. The Kier molecular flexibility index (Phi) is 5.81. The molecule has 3 aromatic rings. The number of sulfonamides is 1.